The quantitative estimate of drug-likeness (QED) is 0.435. The molecule has 0 saturated heterocycles. The average molecular weight is 399 g/mol. The van der Waals surface area contributed by atoms with E-state index in [0.717, 1.165) is 5.56 Å². The number of hydrogen-bond donors (Lipinski definition) is 1. The van der Waals surface area contributed by atoms with Gasteiger partial charge in [0, 0.05) is 23.6 Å². The lowest BCUT2D eigenvalue weighted by Crippen LogP contribution is -1.98. The van der Waals surface area contributed by atoms with Crippen molar-refractivity contribution in [1.29, 1.82) is 0 Å². The summed E-state index contributed by atoms with van der Waals surface area (Å²) >= 11 is 0. The van der Waals surface area contributed by atoms with E-state index >= 15 is 0 Å². The lowest BCUT2D eigenvalue weighted by Gasteiger charge is -2.08. The molecule has 7 heteroatoms. The van der Waals surface area contributed by atoms with Crippen molar-refractivity contribution in [3.63, 3.8) is 0 Å². The first-order valence-electron chi connectivity index (χ1n) is 9.27. The smallest absolute Gasteiger partial charge is 0.227 e. The molecule has 0 aliphatic carbocycles. The van der Waals surface area contributed by atoms with Gasteiger partial charge in [-0.05, 0) is 36.4 Å². The van der Waals surface area contributed by atoms with E-state index < -0.39 is 5.82 Å². The summed E-state index contributed by atoms with van der Waals surface area (Å²) in [7, 11) is 0. The molecule has 1 N–H and O–H groups in total. The molecule has 5 nitrogen and oxygen atoms in total. The Labute approximate surface area is 170 Å². The number of hydrogen-bond acceptors (Lipinski definition) is 4. The lowest BCUT2D eigenvalue weighted by molar-refractivity contribution is 0.628. The zero-order valence-corrected chi connectivity index (χ0v) is 15.6. The first kappa shape index (κ1) is 17.9. The van der Waals surface area contributed by atoms with Gasteiger partial charge < -0.3 is 5.32 Å². The van der Waals surface area contributed by atoms with Crippen molar-refractivity contribution in [2.75, 3.05) is 5.32 Å². The molecule has 0 aliphatic rings. The molecule has 3 aromatic heterocycles. The van der Waals surface area contributed by atoms with Gasteiger partial charge in [0.15, 0.2) is 0 Å². The van der Waals surface area contributed by atoms with Crippen LogP contribution in [0.15, 0.2) is 85.2 Å². The molecular formula is C23H15F2N5. The second-order valence-electron chi connectivity index (χ2n) is 6.64. The predicted molar refractivity (Wildman–Crippen MR) is 111 cm³/mol. The lowest BCUT2D eigenvalue weighted by atomic mass is 10.0. The van der Waals surface area contributed by atoms with Crippen LogP contribution in [-0.2, 0) is 0 Å². The zero-order chi connectivity index (χ0) is 20.5. The van der Waals surface area contributed by atoms with Crippen LogP contribution in [-0.4, -0.2) is 19.6 Å². The molecule has 5 aromatic rings. The van der Waals surface area contributed by atoms with E-state index in [1.54, 1.807) is 36.7 Å². The van der Waals surface area contributed by atoms with Gasteiger partial charge >= 0.3 is 0 Å². The fourth-order valence-electron chi connectivity index (χ4n) is 3.35. The first-order chi connectivity index (χ1) is 14.7. The maximum absolute atomic E-state index is 14.8. The highest BCUT2D eigenvalue weighted by Crippen LogP contribution is 2.35. The molecule has 0 unspecified atom stereocenters. The summed E-state index contributed by atoms with van der Waals surface area (Å²) in [5, 5.41) is 7.58. The van der Waals surface area contributed by atoms with Gasteiger partial charge in [0.2, 0.25) is 5.95 Å². The molecule has 5 rings (SSSR count). The summed E-state index contributed by atoms with van der Waals surface area (Å²) in [4.78, 5) is 8.77. The number of rotatable bonds is 4. The minimum atomic E-state index is -0.402. The number of nitrogens with zero attached hydrogens (tertiary/aromatic N) is 4. The Kier molecular flexibility index (Phi) is 4.40. The van der Waals surface area contributed by atoms with Gasteiger partial charge in [0.25, 0.3) is 0 Å². The topological polar surface area (TPSA) is 55.1 Å². The molecule has 0 spiro atoms. The van der Waals surface area contributed by atoms with Crippen LogP contribution in [0.4, 0.5) is 20.4 Å². The zero-order valence-electron chi connectivity index (χ0n) is 15.6. The first-order valence-corrected chi connectivity index (χ1v) is 9.27. The molecule has 0 atom stereocenters. The number of pyridine rings is 1. The van der Waals surface area contributed by atoms with Crippen LogP contribution in [0.1, 0.15) is 0 Å². The third-order valence-corrected chi connectivity index (χ3v) is 4.65. The van der Waals surface area contributed by atoms with Crippen LogP contribution < -0.4 is 5.32 Å². The molecule has 0 aliphatic heterocycles. The number of aromatic nitrogens is 4. The Hall–Kier alpha value is -4.13. The Bertz CT molecular complexity index is 1350. The van der Waals surface area contributed by atoms with Gasteiger partial charge in [-0.3, -0.25) is 0 Å². The van der Waals surface area contributed by atoms with Crippen molar-refractivity contribution < 1.29 is 8.78 Å². The van der Waals surface area contributed by atoms with Crippen molar-refractivity contribution in [2.45, 2.75) is 0 Å². The fraction of sp³-hybridized carbons (Fsp3) is 0. The summed E-state index contributed by atoms with van der Waals surface area (Å²) < 4.78 is 29.8. The number of halogens is 2. The van der Waals surface area contributed by atoms with Crippen LogP contribution >= 0.6 is 0 Å². The molecule has 30 heavy (non-hydrogen) atoms. The Balaban J connectivity index is 1.68. The monoisotopic (exact) mass is 399 g/mol. The van der Waals surface area contributed by atoms with Crippen molar-refractivity contribution in [1.82, 2.24) is 19.6 Å². The molecule has 0 saturated carbocycles. The summed E-state index contributed by atoms with van der Waals surface area (Å²) in [6.07, 6.45) is 3.27. The Morgan fingerprint density at radius 1 is 0.867 bits per heavy atom. The maximum atomic E-state index is 14.8. The van der Waals surface area contributed by atoms with Crippen LogP contribution in [0, 0.1) is 11.6 Å². The van der Waals surface area contributed by atoms with Crippen molar-refractivity contribution in [2.24, 2.45) is 0 Å². The highest BCUT2D eigenvalue weighted by atomic mass is 19.1. The van der Waals surface area contributed by atoms with E-state index in [1.165, 1.54) is 22.7 Å². The van der Waals surface area contributed by atoms with Crippen molar-refractivity contribution in [3.05, 3.63) is 96.8 Å². The van der Waals surface area contributed by atoms with Gasteiger partial charge in [-0.2, -0.15) is 5.10 Å². The molecule has 0 amide bonds. The molecule has 146 valence electrons. The van der Waals surface area contributed by atoms with Crippen LogP contribution in [0.3, 0.4) is 0 Å². The van der Waals surface area contributed by atoms with Gasteiger partial charge in [-0.25, -0.2) is 23.3 Å². The fourth-order valence-corrected chi connectivity index (χ4v) is 3.35. The molecule has 3 heterocycles. The highest BCUT2D eigenvalue weighted by Gasteiger charge is 2.20. The van der Waals surface area contributed by atoms with Crippen molar-refractivity contribution >= 4 is 17.2 Å². The third-order valence-electron chi connectivity index (χ3n) is 4.65. The maximum Gasteiger partial charge on any atom is 0.227 e. The molecular weight excluding hydrogens is 384 g/mol. The molecule has 0 bridgehead atoms. The van der Waals surface area contributed by atoms with Crippen LogP contribution in [0.5, 0.6) is 0 Å². The molecule has 0 radical (unpaired) electrons. The van der Waals surface area contributed by atoms with Gasteiger partial charge in [0.1, 0.15) is 22.8 Å². The second-order valence-corrected chi connectivity index (χ2v) is 6.64. The second kappa shape index (κ2) is 7.36. The van der Waals surface area contributed by atoms with E-state index in [4.69, 9.17) is 0 Å². The van der Waals surface area contributed by atoms with Gasteiger partial charge in [-0.15, -0.1) is 0 Å². The molecule has 2 aromatic carbocycles. The number of fused-ring (bicyclic) bond motifs is 1. The van der Waals surface area contributed by atoms with E-state index in [-0.39, 0.29) is 11.8 Å². The Morgan fingerprint density at radius 3 is 2.57 bits per heavy atom. The SMILES string of the molecule is Fc1cccc(Nc2nccc(-c3c(-c4ccccc4)nn4cccc(F)c34)n2)c1. The third kappa shape index (κ3) is 3.26. The van der Waals surface area contributed by atoms with Crippen LogP contribution in [0.2, 0.25) is 0 Å². The van der Waals surface area contributed by atoms with Gasteiger partial charge in [-0.1, -0.05) is 36.4 Å². The summed E-state index contributed by atoms with van der Waals surface area (Å²) in [5.74, 6) is -0.500. The normalized spacial score (nSPS) is 11.0. The van der Waals surface area contributed by atoms with E-state index in [9.17, 15) is 8.78 Å². The minimum absolute atomic E-state index is 0.271. The number of nitrogens with one attached hydrogen (secondary N) is 1. The predicted octanol–water partition coefficient (Wildman–Crippen LogP) is 5.48. The van der Waals surface area contributed by atoms with Crippen LogP contribution in [0.25, 0.3) is 28.0 Å². The average Bonchev–Trinajstić information content (AvgIpc) is 3.16. The Morgan fingerprint density at radius 2 is 1.73 bits per heavy atom. The molecule has 0 fully saturated rings. The summed E-state index contributed by atoms with van der Waals surface area (Å²) in [5.41, 5.74) is 3.35. The largest absolute Gasteiger partial charge is 0.324 e. The minimum Gasteiger partial charge on any atom is -0.324 e. The standard InChI is InChI=1S/C23H15F2N5/c24-16-8-4-9-17(14-16)27-23-26-12-11-19(28-23)20-21(15-6-2-1-3-7-15)29-30-13-5-10-18(25)22(20)30/h1-14H,(H,26,27,28). The number of benzene rings is 2. The van der Waals surface area contributed by atoms with E-state index in [1.807, 2.05) is 30.3 Å². The van der Waals surface area contributed by atoms with E-state index in [0.29, 0.717) is 28.2 Å². The summed E-state index contributed by atoms with van der Waals surface area (Å²) in [6, 6.07) is 20.2. The highest BCUT2D eigenvalue weighted by molar-refractivity contribution is 5.91. The number of anilines is 2. The van der Waals surface area contributed by atoms with E-state index in [2.05, 4.69) is 20.4 Å². The van der Waals surface area contributed by atoms with Crippen molar-refractivity contribution in [3.8, 4) is 22.5 Å². The van der Waals surface area contributed by atoms with Gasteiger partial charge in [0.05, 0.1) is 11.3 Å². The summed E-state index contributed by atoms with van der Waals surface area (Å²) in [6.45, 7) is 0.